The lowest BCUT2D eigenvalue weighted by Gasteiger charge is -2.50. The number of hydrogen-bond acceptors (Lipinski definition) is 6. The van der Waals surface area contributed by atoms with E-state index in [9.17, 15) is 12.8 Å². The molecule has 0 bridgehead atoms. The number of benzene rings is 2. The van der Waals surface area contributed by atoms with Crippen LogP contribution in [0.3, 0.4) is 0 Å². The molecule has 2 aromatic carbocycles. The number of nitrogens with zero attached hydrogens (tertiary/aromatic N) is 1. The van der Waals surface area contributed by atoms with Gasteiger partial charge >= 0.3 is 0 Å². The monoisotopic (exact) mass is 553 g/mol. The largest absolute Gasteiger partial charge is 0.490 e. The number of fused-ring (bicyclic) bond motifs is 3. The Kier molecular flexibility index (Phi) is 6.30. The van der Waals surface area contributed by atoms with Crippen LogP contribution in [0.4, 0.5) is 8.78 Å². The van der Waals surface area contributed by atoms with Crippen LogP contribution in [-0.4, -0.2) is 41.0 Å². The molecule has 3 heterocycles. The summed E-state index contributed by atoms with van der Waals surface area (Å²) in [6, 6.07) is 9.47. The molecule has 11 heteroatoms. The standard InChI is InChI=1S/C25H26ClF2NO5SSi/c1-36(2,3)22-13-16(29-34-22)12-21-18-14-33-24-20(28)9-8-19(27)23(24)25(18,10-11-32-21)35(30,31)17-6-4-15(26)5-7-17/h4-9,13,18,21H,10-12,14H2,1-3H3/t18-,21-,25-/m0/s1. The molecule has 6 nitrogen and oxygen atoms in total. The Morgan fingerprint density at radius 3 is 2.47 bits per heavy atom. The maximum atomic E-state index is 15.5. The topological polar surface area (TPSA) is 78.6 Å². The molecular formula is C25H26ClF2NO5SSi. The molecule has 3 aromatic rings. The van der Waals surface area contributed by atoms with Crippen LogP contribution in [0.1, 0.15) is 17.7 Å². The van der Waals surface area contributed by atoms with E-state index >= 15 is 4.39 Å². The van der Waals surface area contributed by atoms with Crippen molar-refractivity contribution in [2.45, 2.75) is 48.2 Å². The van der Waals surface area contributed by atoms with E-state index in [1.165, 1.54) is 24.3 Å². The maximum absolute atomic E-state index is 15.5. The zero-order valence-electron chi connectivity index (χ0n) is 20.1. The molecule has 36 heavy (non-hydrogen) atoms. The van der Waals surface area contributed by atoms with Crippen LogP contribution in [-0.2, 0) is 25.7 Å². The molecule has 1 aromatic heterocycles. The van der Waals surface area contributed by atoms with Gasteiger partial charge < -0.3 is 14.0 Å². The molecule has 0 N–H and O–H groups in total. The minimum atomic E-state index is -4.26. The summed E-state index contributed by atoms with van der Waals surface area (Å²) in [7, 11) is -6.02. The van der Waals surface area contributed by atoms with Gasteiger partial charge in [-0.2, -0.15) is 0 Å². The second-order valence-corrected chi connectivity index (χ2v) is 17.9. The van der Waals surface area contributed by atoms with Crippen molar-refractivity contribution in [2.75, 3.05) is 13.2 Å². The van der Waals surface area contributed by atoms with Gasteiger partial charge in [0.15, 0.2) is 21.4 Å². The maximum Gasteiger partial charge on any atom is 0.189 e. The first-order chi connectivity index (χ1) is 16.9. The molecular weight excluding hydrogens is 528 g/mol. The first-order valence-electron chi connectivity index (χ1n) is 11.6. The van der Waals surface area contributed by atoms with Gasteiger partial charge in [-0.3, -0.25) is 0 Å². The minimum Gasteiger partial charge on any atom is -0.490 e. The molecule has 2 aliphatic heterocycles. The second kappa shape index (κ2) is 8.93. The molecule has 3 atom stereocenters. The molecule has 0 aliphatic carbocycles. The van der Waals surface area contributed by atoms with Gasteiger partial charge in [0.25, 0.3) is 0 Å². The highest BCUT2D eigenvalue weighted by Crippen LogP contribution is 2.55. The van der Waals surface area contributed by atoms with Crippen LogP contribution in [0.5, 0.6) is 5.75 Å². The third-order valence-electron chi connectivity index (χ3n) is 7.05. The van der Waals surface area contributed by atoms with E-state index in [1.807, 2.05) is 6.07 Å². The molecule has 0 amide bonds. The summed E-state index contributed by atoms with van der Waals surface area (Å²) in [4.78, 5) is -0.0310. The van der Waals surface area contributed by atoms with Crippen LogP contribution < -0.4 is 10.1 Å². The first-order valence-corrected chi connectivity index (χ1v) is 17.0. The van der Waals surface area contributed by atoms with Crippen molar-refractivity contribution in [1.29, 1.82) is 0 Å². The van der Waals surface area contributed by atoms with Gasteiger partial charge in [0.1, 0.15) is 24.0 Å². The molecule has 1 saturated heterocycles. The van der Waals surface area contributed by atoms with E-state index < -0.39 is 46.3 Å². The minimum absolute atomic E-state index is 0.0299. The fourth-order valence-electron chi connectivity index (χ4n) is 5.22. The number of halogens is 3. The normalized spacial score (nSPS) is 24.1. The van der Waals surface area contributed by atoms with Gasteiger partial charge in [0.2, 0.25) is 0 Å². The van der Waals surface area contributed by atoms with Gasteiger partial charge in [0.05, 0.1) is 28.9 Å². The third kappa shape index (κ3) is 3.98. The number of aromatic nitrogens is 1. The summed E-state index contributed by atoms with van der Waals surface area (Å²) in [6.45, 7) is 6.25. The quantitative estimate of drug-likeness (QED) is 0.420. The van der Waals surface area contributed by atoms with Crippen molar-refractivity contribution < 1.29 is 31.2 Å². The van der Waals surface area contributed by atoms with Crippen molar-refractivity contribution >= 4 is 34.9 Å². The molecule has 0 unspecified atom stereocenters. The Morgan fingerprint density at radius 2 is 1.81 bits per heavy atom. The smallest absolute Gasteiger partial charge is 0.189 e. The molecule has 0 saturated carbocycles. The lowest BCUT2D eigenvalue weighted by molar-refractivity contribution is -0.0723. The van der Waals surface area contributed by atoms with Gasteiger partial charge in [-0.05, 0) is 48.9 Å². The van der Waals surface area contributed by atoms with Crippen molar-refractivity contribution in [3.05, 3.63) is 70.4 Å². The Labute approximate surface area is 214 Å². The van der Waals surface area contributed by atoms with Crippen LogP contribution in [0.2, 0.25) is 24.7 Å². The average Bonchev–Trinajstić information content (AvgIpc) is 3.30. The summed E-state index contributed by atoms with van der Waals surface area (Å²) in [5.41, 5.74) is 0.326. The zero-order chi connectivity index (χ0) is 25.9. The number of rotatable bonds is 5. The molecule has 2 aliphatic rings. The fourth-order valence-corrected chi connectivity index (χ4v) is 8.61. The van der Waals surface area contributed by atoms with Crippen LogP contribution in [0.25, 0.3) is 0 Å². The summed E-state index contributed by atoms with van der Waals surface area (Å²) < 4.78 is 74.5. The van der Waals surface area contributed by atoms with Gasteiger partial charge in [-0.1, -0.05) is 36.4 Å². The van der Waals surface area contributed by atoms with E-state index in [-0.39, 0.29) is 42.3 Å². The highest BCUT2D eigenvalue weighted by Gasteiger charge is 2.61. The number of sulfone groups is 1. The Hall–Kier alpha value is -2.27. The summed E-state index contributed by atoms with van der Waals surface area (Å²) >= 11 is 6.00. The number of hydrogen-bond donors (Lipinski definition) is 0. The first kappa shape index (κ1) is 25.4. The van der Waals surface area contributed by atoms with E-state index in [4.69, 9.17) is 25.6 Å². The molecule has 1 fully saturated rings. The fraction of sp³-hybridized carbons (Fsp3) is 0.400. The van der Waals surface area contributed by atoms with Crippen LogP contribution in [0, 0.1) is 17.6 Å². The molecule has 5 rings (SSSR count). The molecule has 0 spiro atoms. The van der Waals surface area contributed by atoms with E-state index in [2.05, 4.69) is 24.8 Å². The van der Waals surface area contributed by atoms with Crippen LogP contribution in [0.15, 0.2) is 51.9 Å². The van der Waals surface area contributed by atoms with Gasteiger partial charge in [0, 0.05) is 24.0 Å². The number of ether oxygens (including phenoxy) is 2. The van der Waals surface area contributed by atoms with E-state index in [0.717, 1.165) is 17.5 Å². The lowest BCUT2D eigenvalue weighted by atomic mass is 9.75. The summed E-state index contributed by atoms with van der Waals surface area (Å²) in [5.74, 6) is -2.85. The highest BCUT2D eigenvalue weighted by molar-refractivity contribution is 7.92. The summed E-state index contributed by atoms with van der Waals surface area (Å²) in [5, 5.41) is 5.36. The average molecular weight is 554 g/mol. The zero-order valence-corrected chi connectivity index (χ0v) is 22.6. The SMILES string of the molecule is C[Si](C)(C)c1cc(C[C@@H]2OCC[C@@]3(S(=O)(=O)c4ccc(Cl)cc4)c4c(F)ccc(F)c4OC[C@@H]23)no1. The molecule has 0 radical (unpaired) electrons. The Balaban J connectivity index is 1.66. The van der Waals surface area contributed by atoms with E-state index in [1.54, 1.807) is 0 Å². The third-order valence-corrected chi connectivity index (χ3v) is 11.6. The van der Waals surface area contributed by atoms with Gasteiger partial charge in [-0.25, -0.2) is 17.2 Å². The van der Waals surface area contributed by atoms with E-state index in [0.29, 0.717) is 10.7 Å². The van der Waals surface area contributed by atoms with Crippen molar-refractivity contribution in [2.24, 2.45) is 5.92 Å². The van der Waals surface area contributed by atoms with Gasteiger partial charge in [-0.15, -0.1) is 0 Å². The predicted octanol–water partition coefficient (Wildman–Crippen LogP) is 4.86. The predicted molar refractivity (Wildman–Crippen MR) is 133 cm³/mol. The van der Waals surface area contributed by atoms with Crippen molar-refractivity contribution in [1.82, 2.24) is 5.16 Å². The second-order valence-electron chi connectivity index (χ2n) is 10.3. The van der Waals surface area contributed by atoms with Crippen LogP contribution >= 0.6 is 11.6 Å². The van der Waals surface area contributed by atoms with Crippen molar-refractivity contribution in [3.63, 3.8) is 0 Å². The lowest BCUT2D eigenvalue weighted by Crippen LogP contribution is -2.58. The van der Waals surface area contributed by atoms with Crippen molar-refractivity contribution in [3.8, 4) is 5.75 Å². The highest BCUT2D eigenvalue weighted by atomic mass is 35.5. The molecule has 192 valence electrons. The summed E-state index contributed by atoms with van der Waals surface area (Å²) in [6.07, 6.45) is -0.503. The Morgan fingerprint density at radius 1 is 1.11 bits per heavy atom. The Bertz CT molecular complexity index is 1410.